The van der Waals surface area contributed by atoms with Crippen molar-refractivity contribution in [2.75, 3.05) is 59.5 Å². The lowest BCUT2D eigenvalue weighted by Gasteiger charge is -2.09. The summed E-state index contributed by atoms with van der Waals surface area (Å²) in [6.07, 6.45) is 3.34. The number of hydroxylamine groups is 1. The van der Waals surface area contributed by atoms with Crippen LogP contribution in [0.2, 0.25) is 0 Å². The molecule has 0 spiro atoms. The molecule has 1 rings (SSSR count). The van der Waals surface area contributed by atoms with Crippen molar-refractivity contribution < 1.29 is 19.0 Å². The lowest BCUT2D eigenvalue weighted by atomic mass is 10.2. The molecule has 0 radical (unpaired) electrons. The topological polar surface area (TPSA) is 61.0 Å². The molecule has 0 aromatic rings. The molecule has 0 aromatic carbocycles. The number of hydrogen-bond acceptors (Lipinski definition) is 6. The van der Waals surface area contributed by atoms with E-state index >= 15 is 0 Å². The van der Waals surface area contributed by atoms with E-state index in [4.69, 9.17) is 19.0 Å². The third kappa shape index (κ3) is 10.9. The molecule has 0 atom stereocenters. The molecule has 108 valence electrons. The summed E-state index contributed by atoms with van der Waals surface area (Å²) in [6.45, 7) is 6.31. The zero-order chi connectivity index (χ0) is 12.7. The molecule has 1 aliphatic heterocycles. The van der Waals surface area contributed by atoms with E-state index in [1.54, 1.807) is 0 Å². The second kappa shape index (κ2) is 13.2. The number of nitrogens with one attached hydrogen (secondary N) is 2. The van der Waals surface area contributed by atoms with Crippen molar-refractivity contribution in [2.45, 2.75) is 19.3 Å². The summed E-state index contributed by atoms with van der Waals surface area (Å²) in [5, 5.41) is 3.26. The van der Waals surface area contributed by atoms with Crippen molar-refractivity contribution in [3.05, 3.63) is 0 Å². The second-order valence-corrected chi connectivity index (χ2v) is 4.10. The largest absolute Gasteiger partial charge is 0.380 e. The van der Waals surface area contributed by atoms with Crippen LogP contribution in [0, 0.1) is 0 Å². The Morgan fingerprint density at radius 2 is 1.39 bits per heavy atom. The van der Waals surface area contributed by atoms with Crippen LogP contribution < -0.4 is 10.8 Å². The molecule has 18 heavy (non-hydrogen) atoms. The van der Waals surface area contributed by atoms with Crippen molar-refractivity contribution >= 4 is 0 Å². The summed E-state index contributed by atoms with van der Waals surface area (Å²) < 4.78 is 16.1. The van der Waals surface area contributed by atoms with Crippen molar-refractivity contribution in [3.63, 3.8) is 0 Å². The van der Waals surface area contributed by atoms with E-state index in [-0.39, 0.29) is 6.79 Å². The van der Waals surface area contributed by atoms with Crippen LogP contribution in [0.4, 0.5) is 0 Å². The van der Waals surface area contributed by atoms with Gasteiger partial charge in [-0.2, -0.15) is 5.48 Å². The van der Waals surface area contributed by atoms with Gasteiger partial charge in [0.05, 0.1) is 26.4 Å². The first-order chi connectivity index (χ1) is 9.00. The molecular weight excluding hydrogens is 236 g/mol. The fourth-order valence-corrected chi connectivity index (χ4v) is 1.53. The number of rotatable bonds is 0. The molecule has 1 saturated heterocycles. The van der Waals surface area contributed by atoms with Crippen LogP contribution in [0.1, 0.15) is 19.3 Å². The average Bonchev–Trinajstić information content (AvgIpc) is 2.39. The molecule has 2 N–H and O–H groups in total. The molecule has 6 nitrogen and oxygen atoms in total. The predicted octanol–water partition coefficient (Wildman–Crippen LogP) is 0.288. The Morgan fingerprint density at radius 3 is 2.28 bits per heavy atom. The summed E-state index contributed by atoms with van der Waals surface area (Å²) >= 11 is 0. The highest BCUT2D eigenvalue weighted by Crippen LogP contribution is 1.94. The van der Waals surface area contributed by atoms with Crippen molar-refractivity contribution in [2.24, 2.45) is 0 Å². The van der Waals surface area contributed by atoms with Gasteiger partial charge in [0.1, 0.15) is 0 Å². The Balaban J connectivity index is 2.00. The minimum atomic E-state index is 0.269. The van der Waals surface area contributed by atoms with Crippen LogP contribution in [-0.4, -0.2) is 59.5 Å². The highest BCUT2D eigenvalue weighted by atomic mass is 16.8. The van der Waals surface area contributed by atoms with Gasteiger partial charge in [-0.05, 0) is 19.3 Å². The highest BCUT2D eigenvalue weighted by molar-refractivity contribution is 4.47. The maximum absolute atomic E-state index is 5.50. The predicted molar refractivity (Wildman–Crippen MR) is 68.3 cm³/mol. The van der Waals surface area contributed by atoms with Gasteiger partial charge in [0.25, 0.3) is 0 Å². The fourth-order valence-electron chi connectivity index (χ4n) is 1.53. The van der Waals surface area contributed by atoms with Crippen molar-refractivity contribution in [3.8, 4) is 0 Å². The molecule has 0 aliphatic carbocycles. The molecule has 1 heterocycles. The first kappa shape index (κ1) is 15.8. The average molecular weight is 262 g/mol. The van der Waals surface area contributed by atoms with Crippen LogP contribution in [0.3, 0.4) is 0 Å². The van der Waals surface area contributed by atoms with E-state index in [1.165, 1.54) is 0 Å². The summed E-state index contributed by atoms with van der Waals surface area (Å²) in [6, 6.07) is 0. The van der Waals surface area contributed by atoms with Gasteiger partial charge >= 0.3 is 0 Å². The van der Waals surface area contributed by atoms with E-state index < -0.39 is 0 Å². The quantitative estimate of drug-likeness (QED) is 0.654. The minimum absolute atomic E-state index is 0.269. The van der Waals surface area contributed by atoms with Gasteiger partial charge < -0.3 is 19.5 Å². The summed E-state index contributed by atoms with van der Waals surface area (Å²) in [5.74, 6) is 0. The van der Waals surface area contributed by atoms with Gasteiger partial charge in [-0.3, -0.25) is 4.84 Å². The monoisotopic (exact) mass is 262 g/mol. The Morgan fingerprint density at radius 1 is 0.611 bits per heavy atom. The highest BCUT2D eigenvalue weighted by Gasteiger charge is 1.94. The normalized spacial score (nSPS) is 24.0. The fraction of sp³-hybridized carbons (Fsp3) is 1.00. The summed E-state index contributed by atoms with van der Waals surface area (Å²) in [5.41, 5.74) is 2.87. The molecule has 6 heteroatoms. The van der Waals surface area contributed by atoms with E-state index in [1.807, 2.05) is 0 Å². The molecule has 0 saturated carbocycles. The zero-order valence-electron chi connectivity index (χ0n) is 11.1. The Kier molecular flexibility index (Phi) is 11.6. The maximum Gasteiger partial charge on any atom is 0.166 e. The lowest BCUT2D eigenvalue weighted by molar-refractivity contribution is -0.108. The number of ether oxygens (including phenoxy) is 3. The van der Waals surface area contributed by atoms with Crippen LogP contribution >= 0.6 is 0 Å². The van der Waals surface area contributed by atoms with Gasteiger partial charge in [0.2, 0.25) is 0 Å². The van der Waals surface area contributed by atoms with E-state index in [0.717, 1.165) is 52.1 Å². The van der Waals surface area contributed by atoms with Gasteiger partial charge in [0, 0.05) is 26.2 Å². The SMILES string of the molecule is C1CCNOCOCCOCCNCCOCC1. The molecule has 0 bridgehead atoms. The Hall–Kier alpha value is -0.240. The third-order valence-corrected chi connectivity index (χ3v) is 2.53. The summed E-state index contributed by atoms with van der Waals surface area (Å²) in [7, 11) is 0. The van der Waals surface area contributed by atoms with Gasteiger partial charge in [-0.1, -0.05) is 0 Å². The molecule has 0 amide bonds. The van der Waals surface area contributed by atoms with Crippen molar-refractivity contribution in [1.82, 2.24) is 10.8 Å². The van der Waals surface area contributed by atoms with Crippen LogP contribution in [0.25, 0.3) is 0 Å². The zero-order valence-corrected chi connectivity index (χ0v) is 11.1. The van der Waals surface area contributed by atoms with Gasteiger partial charge in [-0.15, -0.1) is 0 Å². The summed E-state index contributed by atoms with van der Waals surface area (Å²) in [4.78, 5) is 5.11. The standard InChI is InChI=1S/C12H26N2O4/c1-2-4-14-18-12-17-11-10-16-9-6-13-5-8-15-7-3-1/h13-14H,1-12H2. The maximum atomic E-state index is 5.50. The van der Waals surface area contributed by atoms with Crippen LogP contribution in [-0.2, 0) is 19.0 Å². The van der Waals surface area contributed by atoms with E-state index in [9.17, 15) is 0 Å². The first-order valence-corrected chi connectivity index (χ1v) is 6.79. The smallest absolute Gasteiger partial charge is 0.166 e. The van der Waals surface area contributed by atoms with Crippen LogP contribution in [0.15, 0.2) is 0 Å². The molecule has 0 unspecified atom stereocenters. The minimum Gasteiger partial charge on any atom is -0.380 e. The van der Waals surface area contributed by atoms with Crippen molar-refractivity contribution in [1.29, 1.82) is 0 Å². The van der Waals surface area contributed by atoms with E-state index in [0.29, 0.717) is 19.8 Å². The molecular formula is C12H26N2O4. The number of hydrogen-bond donors (Lipinski definition) is 2. The molecule has 0 aromatic heterocycles. The Bertz CT molecular complexity index is 97.1. The van der Waals surface area contributed by atoms with Crippen LogP contribution in [0.5, 0.6) is 0 Å². The third-order valence-electron chi connectivity index (χ3n) is 2.53. The van der Waals surface area contributed by atoms with E-state index in [2.05, 4.69) is 10.8 Å². The lowest BCUT2D eigenvalue weighted by Crippen LogP contribution is -2.25. The second-order valence-electron chi connectivity index (χ2n) is 4.10. The molecule has 1 aliphatic rings. The Labute approximate surface area is 109 Å². The first-order valence-electron chi connectivity index (χ1n) is 6.79. The van der Waals surface area contributed by atoms with Gasteiger partial charge in [0.15, 0.2) is 6.79 Å². The molecule has 1 fully saturated rings. The van der Waals surface area contributed by atoms with Gasteiger partial charge in [-0.25, -0.2) is 0 Å².